The van der Waals surface area contributed by atoms with Gasteiger partial charge in [-0.25, -0.2) is 0 Å². The molecule has 4 nitrogen and oxygen atoms in total. The Morgan fingerprint density at radius 1 is 0.935 bits per heavy atom. The van der Waals surface area contributed by atoms with E-state index in [2.05, 4.69) is 11.4 Å². The molecule has 3 aromatic rings. The Labute approximate surface area is 199 Å². The van der Waals surface area contributed by atoms with Crippen molar-refractivity contribution in [1.82, 2.24) is 0 Å². The summed E-state index contributed by atoms with van der Waals surface area (Å²) in [4.78, 5) is 12.2. The lowest BCUT2D eigenvalue weighted by Gasteiger charge is -2.12. The highest BCUT2D eigenvalue weighted by atomic mass is 35.5. The van der Waals surface area contributed by atoms with Crippen molar-refractivity contribution in [3.05, 3.63) is 91.9 Å². The van der Waals surface area contributed by atoms with Crippen LogP contribution in [0.1, 0.15) is 11.1 Å². The lowest BCUT2D eigenvalue weighted by molar-refractivity contribution is -0.118. The molecule has 3 aromatic carbocycles. The minimum Gasteiger partial charge on any atom is -0.481 e. The SMILES string of the molecule is N#C/C(=C\c1cc(Cl)c(OCC(=O)Nc2ccc(Cl)c(Cl)c2)c(Cl)c1)c1ccccc1. The van der Waals surface area contributed by atoms with Crippen LogP contribution in [0.15, 0.2) is 60.7 Å². The largest absolute Gasteiger partial charge is 0.481 e. The van der Waals surface area contributed by atoms with E-state index in [0.717, 1.165) is 5.56 Å². The third-order valence-corrected chi connectivity index (χ3v) is 5.39. The average Bonchev–Trinajstić information content (AvgIpc) is 2.74. The average molecular weight is 492 g/mol. The maximum Gasteiger partial charge on any atom is 0.262 e. The minimum absolute atomic E-state index is 0.169. The van der Waals surface area contributed by atoms with Gasteiger partial charge < -0.3 is 10.1 Å². The van der Waals surface area contributed by atoms with Crippen LogP contribution in [0.5, 0.6) is 5.75 Å². The van der Waals surface area contributed by atoms with E-state index in [1.165, 1.54) is 6.07 Å². The van der Waals surface area contributed by atoms with Gasteiger partial charge in [-0.15, -0.1) is 0 Å². The van der Waals surface area contributed by atoms with E-state index in [9.17, 15) is 10.1 Å². The summed E-state index contributed by atoms with van der Waals surface area (Å²) in [6.45, 7) is -0.317. The molecule has 0 saturated heterocycles. The van der Waals surface area contributed by atoms with Crippen LogP contribution in [-0.2, 0) is 4.79 Å². The summed E-state index contributed by atoms with van der Waals surface area (Å²) in [6.07, 6.45) is 1.67. The summed E-state index contributed by atoms with van der Waals surface area (Å²) in [5, 5.41) is 13.2. The van der Waals surface area contributed by atoms with Crippen LogP contribution < -0.4 is 10.1 Å². The van der Waals surface area contributed by atoms with Crippen molar-refractivity contribution >= 4 is 69.6 Å². The molecule has 0 radical (unpaired) electrons. The molecule has 1 amide bonds. The van der Waals surface area contributed by atoms with Crippen molar-refractivity contribution in [2.45, 2.75) is 0 Å². The number of benzene rings is 3. The molecule has 0 saturated carbocycles. The van der Waals surface area contributed by atoms with Crippen molar-refractivity contribution < 1.29 is 9.53 Å². The number of amides is 1. The molecule has 31 heavy (non-hydrogen) atoms. The Balaban J connectivity index is 1.72. The van der Waals surface area contributed by atoms with Crippen molar-refractivity contribution in [3.8, 4) is 11.8 Å². The highest BCUT2D eigenvalue weighted by molar-refractivity contribution is 6.42. The first kappa shape index (κ1) is 23.0. The molecule has 0 aromatic heterocycles. The number of nitrogens with one attached hydrogen (secondary N) is 1. The molecule has 8 heteroatoms. The second kappa shape index (κ2) is 10.6. The normalized spacial score (nSPS) is 11.0. The third-order valence-electron chi connectivity index (χ3n) is 4.09. The number of carbonyl (C=O) groups excluding carboxylic acids is 1. The fourth-order valence-corrected chi connectivity index (χ4v) is 3.59. The van der Waals surface area contributed by atoms with E-state index in [1.807, 2.05) is 30.3 Å². The number of hydrogen-bond donors (Lipinski definition) is 1. The van der Waals surface area contributed by atoms with Crippen LogP contribution in [0.4, 0.5) is 5.69 Å². The van der Waals surface area contributed by atoms with Crippen LogP contribution in [0.25, 0.3) is 11.6 Å². The molecule has 0 unspecified atom stereocenters. The molecular formula is C23H14Cl4N2O2. The third kappa shape index (κ3) is 6.16. The van der Waals surface area contributed by atoms with Gasteiger partial charge in [0.05, 0.1) is 31.7 Å². The molecule has 0 bridgehead atoms. The van der Waals surface area contributed by atoms with Crippen molar-refractivity contribution in [1.29, 1.82) is 5.26 Å². The van der Waals surface area contributed by atoms with Gasteiger partial charge in [-0.2, -0.15) is 5.26 Å². The predicted octanol–water partition coefficient (Wildman–Crippen LogP) is 7.38. The monoisotopic (exact) mass is 490 g/mol. The summed E-state index contributed by atoms with van der Waals surface area (Å²) >= 11 is 24.4. The van der Waals surface area contributed by atoms with Gasteiger partial charge in [0.25, 0.3) is 5.91 Å². The lowest BCUT2D eigenvalue weighted by atomic mass is 10.0. The lowest BCUT2D eigenvalue weighted by Crippen LogP contribution is -2.20. The summed E-state index contributed by atoms with van der Waals surface area (Å²) in [7, 11) is 0. The molecule has 3 rings (SSSR count). The zero-order chi connectivity index (χ0) is 22.4. The first-order valence-electron chi connectivity index (χ1n) is 8.91. The molecular weight excluding hydrogens is 478 g/mol. The number of anilines is 1. The fourth-order valence-electron chi connectivity index (χ4n) is 2.67. The Bertz CT molecular complexity index is 1160. The van der Waals surface area contributed by atoms with E-state index in [0.29, 0.717) is 26.9 Å². The maximum absolute atomic E-state index is 12.2. The molecule has 0 aliphatic heterocycles. The molecule has 156 valence electrons. The number of rotatable bonds is 6. The number of hydrogen-bond acceptors (Lipinski definition) is 3. The number of nitrogens with zero attached hydrogens (tertiary/aromatic N) is 1. The van der Waals surface area contributed by atoms with E-state index >= 15 is 0 Å². The van der Waals surface area contributed by atoms with Gasteiger partial charge in [0.1, 0.15) is 0 Å². The topological polar surface area (TPSA) is 62.1 Å². The van der Waals surface area contributed by atoms with Crippen molar-refractivity contribution in [3.63, 3.8) is 0 Å². The number of nitriles is 1. The summed E-state index contributed by atoms with van der Waals surface area (Å²) in [6, 6.07) is 19.3. The van der Waals surface area contributed by atoms with Crippen LogP contribution in [0.3, 0.4) is 0 Å². The van der Waals surface area contributed by atoms with Crippen molar-refractivity contribution in [2.75, 3.05) is 11.9 Å². The second-order valence-electron chi connectivity index (χ2n) is 6.32. The zero-order valence-electron chi connectivity index (χ0n) is 15.8. The zero-order valence-corrected chi connectivity index (χ0v) is 18.9. The minimum atomic E-state index is -0.426. The molecule has 0 aliphatic carbocycles. The highest BCUT2D eigenvalue weighted by Gasteiger charge is 2.13. The van der Waals surface area contributed by atoms with Gasteiger partial charge in [-0.05, 0) is 47.5 Å². The van der Waals surface area contributed by atoms with Crippen LogP contribution >= 0.6 is 46.4 Å². The Morgan fingerprint density at radius 2 is 1.61 bits per heavy atom. The first-order valence-corrected chi connectivity index (χ1v) is 10.4. The summed E-state index contributed by atoms with van der Waals surface area (Å²) in [5.41, 5.74) is 2.34. The second-order valence-corrected chi connectivity index (χ2v) is 7.94. The van der Waals surface area contributed by atoms with E-state index < -0.39 is 5.91 Å². The van der Waals surface area contributed by atoms with Gasteiger partial charge >= 0.3 is 0 Å². The number of carbonyl (C=O) groups is 1. The van der Waals surface area contributed by atoms with Crippen LogP contribution in [0.2, 0.25) is 20.1 Å². The standard InChI is InChI=1S/C23H14Cl4N2O2/c24-18-7-6-17(11-19(18)25)29-22(30)13-31-23-20(26)9-14(10-21(23)27)8-16(12-28)15-4-2-1-3-5-15/h1-11H,13H2,(H,29,30)/b16-8+. The van der Waals surface area contributed by atoms with Gasteiger partial charge in [0.15, 0.2) is 12.4 Å². The fraction of sp³-hybridized carbons (Fsp3) is 0.0435. The maximum atomic E-state index is 12.2. The Hall–Kier alpha value is -2.68. The first-order chi connectivity index (χ1) is 14.9. The van der Waals surface area contributed by atoms with E-state index in [1.54, 1.807) is 30.3 Å². The number of ether oxygens (including phenoxy) is 1. The molecule has 0 atom stereocenters. The quantitative estimate of drug-likeness (QED) is 0.289. The Kier molecular flexibility index (Phi) is 7.84. The highest BCUT2D eigenvalue weighted by Crippen LogP contribution is 2.35. The molecule has 0 aliphatic rings. The summed E-state index contributed by atoms with van der Waals surface area (Å²) < 4.78 is 5.51. The summed E-state index contributed by atoms with van der Waals surface area (Å²) in [5.74, 6) is -0.256. The molecule has 0 spiro atoms. The van der Waals surface area contributed by atoms with Gasteiger partial charge in [0.2, 0.25) is 0 Å². The number of allylic oxidation sites excluding steroid dienone is 1. The Morgan fingerprint density at radius 3 is 2.23 bits per heavy atom. The van der Waals surface area contributed by atoms with Gasteiger partial charge in [-0.3, -0.25) is 4.79 Å². The van der Waals surface area contributed by atoms with Gasteiger partial charge in [-0.1, -0.05) is 76.7 Å². The van der Waals surface area contributed by atoms with Gasteiger partial charge in [0, 0.05) is 5.69 Å². The van der Waals surface area contributed by atoms with Crippen molar-refractivity contribution in [2.24, 2.45) is 0 Å². The van der Waals surface area contributed by atoms with Crippen LogP contribution in [-0.4, -0.2) is 12.5 Å². The molecule has 0 heterocycles. The number of halogens is 4. The van der Waals surface area contributed by atoms with E-state index in [4.69, 9.17) is 51.1 Å². The van der Waals surface area contributed by atoms with E-state index in [-0.39, 0.29) is 22.4 Å². The molecule has 1 N–H and O–H groups in total. The predicted molar refractivity (Wildman–Crippen MR) is 127 cm³/mol. The smallest absolute Gasteiger partial charge is 0.262 e. The molecule has 0 fully saturated rings. The van der Waals surface area contributed by atoms with Crippen LogP contribution in [0, 0.1) is 11.3 Å².